The normalized spacial score (nSPS) is 12.1. The zero-order valence-electron chi connectivity index (χ0n) is 10.2. The molecule has 0 heterocycles. The topological polar surface area (TPSA) is 54.4 Å². The van der Waals surface area contributed by atoms with Crippen LogP contribution >= 0.6 is 11.6 Å². The number of carbonyl (C=O) groups is 1. The zero-order valence-corrected chi connectivity index (χ0v) is 11.7. The summed E-state index contributed by atoms with van der Waals surface area (Å²) in [7, 11) is -1.54. The van der Waals surface area contributed by atoms with Crippen LogP contribution in [-0.4, -0.2) is 15.3 Å². The van der Waals surface area contributed by atoms with E-state index < -0.39 is 22.6 Å². The number of carboxylic acid groups (broad SMARTS) is 1. The van der Waals surface area contributed by atoms with E-state index in [0.29, 0.717) is 9.92 Å². The van der Waals surface area contributed by atoms with Crippen molar-refractivity contribution < 1.29 is 18.5 Å². The Morgan fingerprint density at radius 1 is 1.25 bits per heavy atom. The summed E-state index contributed by atoms with van der Waals surface area (Å²) in [6.45, 7) is 0. The molecule has 0 spiro atoms. The van der Waals surface area contributed by atoms with E-state index in [4.69, 9.17) is 16.7 Å². The van der Waals surface area contributed by atoms with Gasteiger partial charge in [0.05, 0.1) is 32.0 Å². The molecule has 0 saturated heterocycles. The maximum absolute atomic E-state index is 13.6. The number of benzene rings is 2. The van der Waals surface area contributed by atoms with E-state index in [1.165, 1.54) is 12.1 Å². The van der Waals surface area contributed by atoms with Crippen LogP contribution in [0.15, 0.2) is 47.4 Å². The van der Waals surface area contributed by atoms with Gasteiger partial charge in [-0.25, -0.2) is 9.18 Å². The van der Waals surface area contributed by atoms with Gasteiger partial charge in [-0.15, -0.1) is 0 Å². The van der Waals surface area contributed by atoms with Gasteiger partial charge in [0.15, 0.2) is 0 Å². The van der Waals surface area contributed by atoms with Crippen LogP contribution in [0.5, 0.6) is 0 Å². The fourth-order valence-electron chi connectivity index (χ4n) is 1.67. The van der Waals surface area contributed by atoms with E-state index in [2.05, 4.69) is 0 Å². The molecule has 20 heavy (non-hydrogen) atoms. The lowest BCUT2D eigenvalue weighted by molar-refractivity contribution is 0.0696. The highest BCUT2D eigenvalue weighted by Crippen LogP contribution is 2.22. The van der Waals surface area contributed by atoms with Gasteiger partial charge in [0.1, 0.15) is 5.82 Å². The summed E-state index contributed by atoms with van der Waals surface area (Å²) in [5.74, 6) is -1.87. The van der Waals surface area contributed by atoms with E-state index in [-0.39, 0.29) is 16.9 Å². The fraction of sp³-hybridized carbons (Fsp3) is 0.0714. The Morgan fingerprint density at radius 2 is 1.95 bits per heavy atom. The van der Waals surface area contributed by atoms with Crippen LogP contribution in [0.2, 0.25) is 5.02 Å². The molecule has 0 aromatic heterocycles. The Morgan fingerprint density at radius 3 is 2.60 bits per heavy atom. The third-order valence-corrected chi connectivity index (χ3v) is 4.52. The number of aromatic carboxylic acids is 1. The maximum atomic E-state index is 13.6. The van der Waals surface area contributed by atoms with Crippen molar-refractivity contribution in [1.82, 2.24) is 0 Å². The molecule has 1 atom stereocenters. The molecule has 3 nitrogen and oxygen atoms in total. The summed E-state index contributed by atoms with van der Waals surface area (Å²) >= 11 is 5.93. The van der Waals surface area contributed by atoms with Crippen LogP contribution < -0.4 is 0 Å². The summed E-state index contributed by atoms with van der Waals surface area (Å²) in [6, 6.07) is 9.99. The molecular formula is C14H10ClFO3S. The van der Waals surface area contributed by atoms with Crippen molar-refractivity contribution in [2.45, 2.75) is 10.6 Å². The van der Waals surface area contributed by atoms with Gasteiger partial charge in [-0.3, -0.25) is 4.21 Å². The van der Waals surface area contributed by atoms with Crippen molar-refractivity contribution in [3.8, 4) is 0 Å². The third kappa shape index (κ3) is 3.23. The van der Waals surface area contributed by atoms with Crippen LogP contribution in [0, 0.1) is 5.82 Å². The summed E-state index contributed by atoms with van der Waals surface area (Å²) in [5.41, 5.74) is 0.0423. The number of carboxylic acids is 1. The first-order valence-electron chi connectivity index (χ1n) is 5.63. The Balaban J connectivity index is 2.30. The molecule has 0 aliphatic rings. The van der Waals surface area contributed by atoms with Crippen molar-refractivity contribution in [2.24, 2.45) is 0 Å². The molecular weight excluding hydrogens is 303 g/mol. The van der Waals surface area contributed by atoms with Gasteiger partial charge in [-0.2, -0.15) is 0 Å². The largest absolute Gasteiger partial charge is 0.478 e. The first kappa shape index (κ1) is 14.7. The molecule has 2 aromatic rings. The Bertz CT molecular complexity index is 688. The second kappa shape index (κ2) is 6.15. The summed E-state index contributed by atoms with van der Waals surface area (Å²) in [4.78, 5) is 11.3. The minimum absolute atomic E-state index is 0.0439. The monoisotopic (exact) mass is 312 g/mol. The van der Waals surface area contributed by atoms with Crippen LogP contribution in [-0.2, 0) is 16.6 Å². The minimum atomic E-state index is -1.54. The van der Waals surface area contributed by atoms with Crippen LogP contribution in [0.4, 0.5) is 4.39 Å². The molecule has 2 rings (SSSR count). The molecule has 0 amide bonds. The Labute approximate surface area is 122 Å². The third-order valence-electron chi connectivity index (χ3n) is 2.66. The molecule has 1 N–H and O–H groups in total. The average molecular weight is 313 g/mol. The Kier molecular flexibility index (Phi) is 4.52. The lowest BCUT2D eigenvalue weighted by atomic mass is 10.1. The highest BCUT2D eigenvalue weighted by atomic mass is 35.5. The van der Waals surface area contributed by atoms with E-state index in [9.17, 15) is 13.4 Å². The maximum Gasteiger partial charge on any atom is 0.335 e. The van der Waals surface area contributed by atoms with Gasteiger partial charge < -0.3 is 5.11 Å². The second-order valence-corrected chi connectivity index (χ2v) is 5.86. The van der Waals surface area contributed by atoms with Gasteiger partial charge >= 0.3 is 5.97 Å². The number of halogens is 2. The quantitative estimate of drug-likeness (QED) is 0.940. The summed E-state index contributed by atoms with van der Waals surface area (Å²) in [5, 5.41) is 9.21. The van der Waals surface area contributed by atoms with Crippen LogP contribution in [0.1, 0.15) is 15.9 Å². The molecule has 0 bridgehead atoms. The minimum Gasteiger partial charge on any atom is -0.478 e. The van der Waals surface area contributed by atoms with E-state index >= 15 is 0 Å². The predicted molar refractivity (Wildman–Crippen MR) is 74.9 cm³/mol. The lowest BCUT2D eigenvalue weighted by Crippen LogP contribution is -2.03. The SMILES string of the molecule is O=C(O)c1ccc(F)c(CS(=O)c2ccccc2Cl)c1. The molecule has 0 aliphatic heterocycles. The van der Waals surface area contributed by atoms with Crippen molar-refractivity contribution in [2.75, 3.05) is 0 Å². The smallest absolute Gasteiger partial charge is 0.335 e. The van der Waals surface area contributed by atoms with Crippen LogP contribution in [0.3, 0.4) is 0 Å². The van der Waals surface area contributed by atoms with Crippen molar-refractivity contribution in [1.29, 1.82) is 0 Å². The standard InChI is InChI=1S/C14H10ClFO3S/c15-11-3-1-2-4-13(11)20(19)8-10-7-9(14(17)18)5-6-12(10)16/h1-7H,8H2,(H,17,18). The summed E-state index contributed by atoms with van der Waals surface area (Å²) < 4.78 is 25.8. The van der Waals surface area contributed by atoms with Gasteiger partial charge in [0.25, 0.3) is 0 Å². The fourth-order valence-corrected chi connectivity index (χ4v) is 3.24. The van der Waals surface area contributed by atoms with Crippen molar-refractivity contribution in [3.05, 3.63) is 64.4 Å². The molecule has 1 unspecified atom stereocenters. The van der Waals surface area contributed by atoms with E-state index in [1.807, 2.05) is 0 Å². The first-order valence-corrected chi connectivity index (χ1v) is 7.33. The molecule has 0 radical (unpaired) electrons. The van der Waals surface area contributed by atoms with E-state index in [0.717, 1.165) is 6.07 Å². The van der Waals surface area contributed by atoms with E-state index in [1.54, 1.807) is 24.3 Å². The molecule has 104 valence electrons. The molecule has 0 saturated carbocycles. The first-order chi connectivity index (χ1) is 9.49. The number of hydrogen-bond donors (Lipinski definition) is 1. The highest BCUT2D eigenvalue weighted by Gasteiger charge is 2.14. The number of rotatable bonds is 4. The second-order valence-electron chi connectivity index (χ2n) is 4.03. The average Bonchev–Trinajstić information content (AvgIpc) is 2.41. The molecule has 0 fully saturated rings. The van der Waals surface area contributed by atoms with Gasteiger partial charge in [-0.05, 0) is 30.3 Å². The zero-order chi connectivity index (χ0) is 14.7. The molecule has 2 aromatic carbocycles. The molecule has 6 heteroatoms. The van der Waals surface area contributed by atoms with Crippen molar-refractivity contribution >= 4 is 28.4 Å². The lowest BCUT2D eigenvalue weighted by Gasteiger charge is -2.06. The van der Waals surface area contributed by atoms with Crippen molar-refractivity contribution in [3.63, 3.8) is 0 Å². The summed E-state index contributed by atoms with van der Waals surface area (Å²) in [6.07, 6.45) is 0. The predicted octanol–water partition coefficient (Wildman–Crippen LogP) is 3.49. The van der Waals surface area contributed by atoms with Gasteiger partial charge in [0.2, 0.25) is 0 Å². The number of hydrogen-bond acceptors (Lipinski definition) is 2. The Hall–Kier alpha value is -1.72. The van der Waals surface area contributed by atoms with Crippen LogP contribution in [0.25, 0.3) is 0 Å². The van der Waals surface area contributed by atoms with Gasteiger partial charge in [-0.1, -0.05) is 23.7 Å². The molecule has 0 aliphatic carbocycles. The highest BCUT2D eigenvalue weighted by molar-refractivity contribution is 7.84. The van der Waals surface area contributed by atoms with Gasteiger partial charge in [0, 0.05) is 5.56 Å².